The average molecular weight is 807 g/mol. The molecule has 0 radical (unpaired) electrons. The Balaban J connectivity index is 1.25. The maximum Gasteiger partial charge on any atom is 0.265 e. The predicted octanol–water partition coefficient (Wildman–Crippen LogP) is 3.82. The van der Waals surface area contributed by atoms with Crippen LogP contribution in [0.25, 0.3) is 10.9 Å². The molecule has 8 aliphatic heterocycles. The summed E-state index contributed by atoms with van der Waals surface area (Å²) in [5.41, 5.74) is 2.49. The number of aliphatic hydroxyl groups excluding tert-OH is 2. The van der Waals surface area contributed by atoms with Crippen molar-refractivity contribution in [1.82, 2.24) is 24.2 Å². The second-order valence-electron chi connectivity index (χ2n) is 13.2. The highest BCUT2D eigenvalue weighted by atomic mass is 33.7. The molecule has 12 nitrogen and oxygen atoms in total. The lowest BCUT2D eigenvalue weighted by atomic mass is 9.86. The van der Waals surface area contributed by atoms with Gasteiger partial charge in [0.2, 0.25) is 9.74 Å². The molecule has 0 unspecified atom stereocenters. The van der Waals surface area contributed by atoms with E-state index in [2.05, 4.69) is 9.88 Å². The summed E-state index contributed by atoms with van der Waals surface area (Å²) in [7, 11) is 14.1. The second-order valence-corrected chi connectivity index (χ2v) is 23.8. The van der Waals surface area contributed by atoms with Gasteiger partial charge in [0.05, 0.1) is 13.2 Å². The van der Waals surface area contributed by atoms with Crippen molar-refractivity contribution in [3.05, 3.63) is 65.9 Å². The first-order chi connectivity index (χ1) is 24.0. The highest BCUT2D eigenvalue weighted by Crippen LogP contribution is 2.69. The van der Waals surface area contributed by atoms with E-state index < -0.39 is 44.4 Å². The number of anilines is 1. The molecule has 1 aromatic heterocycles. The molecule has 50 heavy (non-hydrogen) atoms. The number of aromatic nitrogens is 1. The van der Waals surface area contributed by atoms with Gasteiger partial charge >= 0.3 is 0 Å². The van der Waals surface area contributed by atoms with Crippen LogP contribution in [0.2, 0.25) is 0 Å². The van der Waals surface area contributed by atoms with Crippen LogP contribution in [0, 0.1) is 0 Å². The molecular weight excluding hydrogens is 777 g/mol. The van der Waals surface area contributed by atoms with Gasteiger partial charge in [-0.25, -0.2) is 0 Å². The van der Waals surface area contributed by atoms with Crippen LogP contribution < -0.4 is 5.32 Å². The van der Waals surface area contributed by atoms with E-state index in [1.807, 2.05) is 54.7 Å². The molecule has 9 heterocycles. The van der Waals surface area contributed by atoms with Crippen molar-refractivity contribution in [1.29, 1.82) is 0 Å². The van der Waals surface area contributed by atoms with E-state index in [4.69, 9.17) is 0 Å². The Labute approximate surface area is 313 Å². The van der Waals surface area contributed by atoms with Gasteiger partial charge in [0.1, 0.15) is 11.7 Å². The Kier molecular flexibility index (Phi) is 7.63. The van der Waals surface area contributed by atoms with E-state index in [9.17, 15) is 29.4 Å². The van der Waals surface area contributed by atoms with Crippen LogP contribution in [0.3, 0.4) is 0 Å². The standard InChI is InChI=1S/C31H30N6O6S7/c1-33-25(42)30(15-38)34(2)23(40)28(33,44-49-50-47-30)12-17-13-36(21-11-7-4-8-18(17)21)27-14-29-24(41)35(3)31(16-39,46-48-45-29)26(43)37(29)22(27)32-20-10-6-5-9-19(20)27/h4-11,13,22,32,38-39H,12,14-16H2,1-3H3/t22-,27+,28+,29+,30+,31+/m1/s1. The van der Waals surface area contributed by atoms with Crippen LogP contribution in [0.1, 0.15) is 17.5 Å². The fourth-order valence-corrected chi connectivity index (χ4v) is 22.0. The van der Waals surface area contributed by atoms with E-state index in [0.29, 0.717) is 0 Å². The molecule has 1 spiro atoms. The minimum atomic E-state index is -1.47. The molecule has 3 aromatic rings. The van der Waals surface area contributed by atoms with Crippen LogP contribution in [0.4, 0.5) is 5.69 Å². The number of fused-ring (bicyclic) bond motifs is 12. The van der Waals surface area contributed by atoms with E-state index in [-0.39, 0.29) is 36.5 Å². The number of hydrogen-bond donors (Lipinski definition) is 3. The summed E-state index contributed by atoms with van der Waals surface area (Å²) in [5.74, 6) is -1.18. The summed E-state index contributed by atoms with van der Waals surface area (Å²) in [6.07, 6.45) is 1.78. The molecule has 4 bridgehead atoms. The minimum Gasteiger partial charge on any atom is -0.392 e. The summed E-state index contributed by atoms with van der Waals surface area (Å²) in [6, 6.07) is 15.8. The van der Waals surface area contributed by atoms with E-state index in [0.717, 1.165) is 27.7 Å². The van der Waals surface area contributed by atoms with E-state index >= 15 is 0 Å². The molecule has 2 aromatic carbocycles. The fourth-order valence-electron chi connectivity index (χ4n) is 8.49. The highest BCUT2D eigenvalue weighted by Gasteiger charge is 2.77. The number of aliphatic hydroxyl groups is 2. The van der Waals surface area contributed by atoms with Crippen molar-refractivity contribution in [2.45, 2.75) is 44.0 Å². The topological polar surface area (TPSA) is 139 Å². The van der Waals surface area contributed by atoms with Crippen LogP contribution in [0.15, 0.2) is 54.7 Å². The molecule has 8 aliphatic rings. The summed E-state index contributed by atoms with van der Waals surface area (Å²) in [5, 5.41) is 25.6. The Morgan fingerprint density at radius 2 is 1.34 bits per heavy atom. The molecule has 0 saturated carbocycles. The molecule has 19 heteroatoms. The smallest absolute Gasteiger partial charge is 0.265 e. The number of para-hydroxylation sites is 2. The van der Waals surface area contributed by atoms with Gasteiger partial charge in [0, 0.05) is 62.3 Å². The third-order valence-electron chi connectivity index (χ3n) is 11.2. The lowest BCUT2D eigenvalue weighted by Crippen LogP contribution is -2.74. The van der Waals surface area contributed by atoms with Crippen molar-refractivity contribution in [3.63, 3.8) is 0 Å². The quantitative estimate of drug-likeness (QED) is 0.322. The van der Waals surface area contributed by atoms with Crippen LogP contribution in [-0.2, 0) is 31.1 Å². The maximum atomic E-state index is 14.7. The van der Waals surface area contributed by atoms with Gasteiger partial charge in [0.15, 0.2) is 9.74 Å². The minimum absolute atomic E-state index is 0.177. The summed E-state index contributed by atoms with van der Waals surface area (Å²) in [6.45, 7) is -1.03. The van der Waals surface area contributed by atoms with E-state index in [1.165, 1.54) is 87.4 Å². The van der Waals surface area contributed by atoms with Crippen molar-refractivity contribution in [3.8, 4) is 0 Å². The summed E-state index contributed by atoms with van der Waals surface area (Å²) in [4.78, 5) is 58.2. The number of rotatable bonds is 5. The maximum absolute atomic E-state index is 14.7. The van der Waals surface area contributed by atoms with Crippen molar-refractivity contribution < 1.29 is 29.4 Å². The van der Waals surface area contributed by atoms with Crippen LogP contribution >= 0.6 is 72.7 Å². The fraction of sp³-hybridized carbons (Fsp3) is 0.419. The molecule has 11 rings (SSSR count). The highest BCUT2D eigenvalue weighted by molar-refractivity contribution is 9.26. The Bertz CT molecular complexity index is 2040. The number of carbonyl (C=O) groups excluding carboxylic acids is 4. The largest absolute Gasteiger partial charge is 0.392 e. The molecular formula is C31H30N6O6S7. The SMILES string of the molecule is CN1C(=O)[C@]2(Cc3cn([C@]45C[C@@]67SSS[C@@](CO)(C(=O)N6[C@H]4Nc4ccccc45)N(C)C7=O)c4ccccc34)SSSS[C@@]1(CO)C(=O)N2C. The van der Waals surface area contributed by atoms with Gasteiger partial charge in [0.25, 0.3) is 23.6 Å². The number of likely N-dealkylation sites (N-methyl/N-ethyl adjacent to an activating group) is 3. The van der Waals surface area contributed by atoms with Gasteiger partial charge in [-0.2, -0.15) is 0 Å². The lowest BCUT2D eigenvalue weighted by Gasteiger charge is -2.54. The predicted molar refractivity (Wildman–Crippen MR) is 205 cm³/mol. The lowest BCUT2D eigenvalue weighted by molar-refractivity contribution is -0.165. The number of benzene rings is 2. The third kappa shape index (κ3) is 3.83. The Morgan fingerprint density at radius 1 is 0.740 bits per heavy atom. The number of carbonyl (C=O) groups is 4. The first kappa shape index (κ1) is 33.8. The van der Waals surface area contributed by atoms with Gasteiger partial charge in [-0.1, -0.05) is 36.4 Å². The van der Waals surface area contributed by atoms with E-state index in [1.54, 1.807) is 26.0 Å². The molecule has 4 amide bonds. The van der Waals surface area contributed by atoms with Crippen molar-refractivity contribution in [2.75, 3.05) is 39.7 Å². The molecule has 6 atom stereocenters. The normalized spacial score (nSPS) is 36.1. The zero-order chi connectivity index (χ0) is 35.0. The van der Waals surface area contributed by atoms with Crippen LogP contribution in [0.5, 0.6) is 0 Å². The van der Waals surface area contributed by atoms with Gasteiger partial charge in [-0.15, -0.1) is 0 Å². The number of piperazine rings is 2. The Hall–Kier alpha value is -1.97. The average Bonchev–Trinajstić information content (AvgIpc) is 3.69. The van der Waals surface area contributed by atoms with Crippen LogP contribution in [-0.4, -0.2) is 118 Å². The summed E-state index contributed by atoms with van der Waals surface area (Å²) >= 11 is 0. The monoisotopic (exact) mass is 806 g/mol. The first-order valence-corrected chi connectivity index (χ1v) is 23.9. The molecule has 7 fully saturated rings. The number of nitrogens with one attached hydrogen (secondary N) is 1. The third-order valence-corrected chi connectivity index (χ3v) is 23.6. The second kappa shape index (κ2) is 11.3. The molecule has 0 aliphatic carbocycles. The van der Waals surface area contributed by atoms with Crippen molar-refractivity contribution in [2.24, 2.45) is 0 Å². The van der Waals surface area contributed by atoms with Crippen molar-refractivity contribution >= 4 is 113 Å². The number of amides is 4. The summed E-state index contributed by atoms with van der Waals surface area (Å²) < 4.78 is 2.17. The molecule has 7 saturated heterocycles. The molecule has 262 valence electrons. The zero-order valence-electron chi connectivity index (χ0n) is 26.7. The zero-order valence-corrected chi connectivity index (χ0v) is 32.4. The number of nitrogens with zero attached hydrogens (tertiary/aromatic N) is 5. The van der Waals surface area contributed by atoms with Gasteiger partial charge in [-0.3, -0.25) is 24.1 Å². The van der Waals surface area contributed by atoms with Gasteiger partial charge in [-0.05, 0) is 90.3 Å². The Morgan fingerprint density at radius 3 is 2.10 bits per heavy atom. The first-order valence-electron chi connectivity index (χ1n) is 15.6. The molecule has 3 N–H and O–H groups in total. The number of hydrogen-bond acceptors (Lipinski definition) is 14. The van der Waals surface area contributed by atoms with Gasteiger partial charge < -0.3 is 34.8 Å².